The van der Waals surface area contributed by atoms with Crippen LogP contribution >= 0.6 is 35.0 Å². The molecule has 10 heteroatoms. The summed E-state index contributed by atoms with van der Waals surface area (Å²) in [5.41, 5.74) is 3.96. The van der Waals surface area contributed by atoms with Gasteiger partial charge in [0.05, 0.1) is 16.4 Å². The molecule has 33 heavy (non-hydrogen) atoms. The molecule has 1 aliphatic heterocycles. The van der Waals surface area contributed by atoms with Crippen molar-refractivity contribution in [2.45, 2.75) is 20.4 Å². The second-order valence-corrected chi connectivity index (χ2v) is 9.35. The van der Waals surface area contributed by atoms with E-state index in [4.69, 9.17) is 23.2 Å². The molecular weight excluding hydrogens is 485 g/mol. The van der Waals surface area contributed by atoms with Gasteiger partial charge in [0.1, 0.15) is 0 Å². The number of non-ortho nitro benzene ring substituents is 1. The number of thioether (sulfide) groups is 1. The van der Waals surface area contributed by atoms with Gasteiger partial charge in [-0.3, -0.25) is 24.6 Å². The topological polar surface area (TPSA) is 85.5 Å². The molecule has 0 aliphatic carbocycles. The van der Waals surface area contributed by atoms with Crippen LogP contribution < -0.4 is 0 Å². The maximum Gasteiger partial charge on any atom is 0.293 e. The molecule has 2 amide bonds. The molecule has 0 bridgehead atoms. The van der Waals surface area contributed by atoms with Crippen LogP contribution in [0.25, 0.3) is 11.8 Å². The predicted molar refractivity (Wildman–Crippen MR) is 130 cm³/mol. The van der Waals surface area contributed by atoms with Crippen molar-refractivity contribution < 1.29 is 14.5 Å². The van der Waals surface area contributed by atoms with Crippen LogP contribution in [0.15, 0.2) is 53.4 Å². The highest BCUT2D eigenvalue weighted by atomic mass is 35.5. The maximum atomic E-state index is 12.9. The number of halogens is 2. The lowest BCUT2D eigenvalue weighted by Crippen LogP contribution is -2.27. The number of aromatic nitrogens is 1. The standard InChI is InChI=1S/C23H17Cl2N3O4S/c1-13-7-16(14(2)27(13)20-10-17(24)9-18(25)11-20)8-21-22(29)26(23(30)33-21)12-15-3-5-19(6-4-15)28(31)32/h3-11H,12H2,1-2H3/b21-8-. The van der Waals surface area contributed by atoms with Crippen LogP contribution in [0.2, 0.25) is 10.0 Å². The second-order valence-electron chi connectivity index (χ2n) is 7.48. The molecule has 2 heterocycles. The van der Waals surface area contributed by atoms with Gasteiger partial charge in [0.15, 0.2) is 0 Å². The van der Waals surface area contributed by atoms with Gasteiger partial charge in [-0.25, -0.2) is 0 Å². The Bertz CT molecular complexity index is 1310. The quantitative estimate of drug-likeness (QED) is 0.225. The van der Waals surface area contributed by atoms with E-state index >= 15 is 0 Å². The van der Waals surface area contributed by atoms with E-state index in [9.17, 15) is 19.7 Å². The molecule has 0 spiro atoms. The first-order valence-electron chi connectivity index (χ1n) is 9.78. The summed E-state index contributed by atoms with van der Waals surface area (Å²) in [7, 11) is 0. The number of hydrogen-bond donors (Lipinski definition) is 0. The molecule has 1 fully saturated rings. The zero-order valence-electron chi connectivity index (χ0n) is 17.5. The predicted octanol–water partition coefficient (Wildman–Crippen LogP) is 6.55. The normalized spacial score (nSPS) is 15.0. The number of nitro groups is 1. The minimum Gasteiger partial charge on any atom is -0.318 e. The lowest BCUT2D eigenvalue weighted by Gasteiger charge is -2.12. The van der Waals surface area contributed by atoms with Crippen molar-refractivity contribution in [1.29, 1.82) is 0 Å². The SMILES string of the molecule is Cc1cc(/C=C2\SC(=O)N(Cc3ccc([N+](=O)[O-])cc3)C2=O)c(C)n1-c1cc(Cl)cc(Cl)c1. The van der Waals surface area contributed by atoms with E-state index in [1.165, 1.54) is 24.3 Å². The van der Waals surface area contributed by atoms with Gasteiger partial charge >= 0.3 is 0 Å². The van der Waals surface area contributed by atoms with Crippen molar-refractivity contribution >= 4 is 57.9 Å². The highest BCUT2D eigenvalue weighted by Gasteiger charge is 2.35. The number of aryl methyl sites for hydroxylation is 1. The number of hydrogen-bond acceptors (Lipinski definition) is 5. The van der Waals surface area contributed by atoms with Crippen molar-refractivity contribution in [3.05, 3.63) is 96.1 Å². The van der Waals surface area contributed by atoms with E-state index in [0.717, 1.165) is 39.3 Å². The first-order valence-corrected chi connectivity index (χ1v) is 11.4. The third-order valence-electron chi connectivity index (χ3n) is 5.22. The Kier molecular flexibility index (Phi) is 6.34. The highest BCUT2D eigenvalue weighted by Crippen LogP contribution is 2.35. The Morgan fingerprint density at radius 3 is 2.27 bits per heavy atom. The number of carbonyl (C=O) groups is 2. The fourth-order valence-corrected chi connectivity index (χ4v) is 5.03. The van der Waals surface area contributed by atoms with Crippen LogP contribution in [-0.4, -0.2) is 25.5 Å². The summed E-state index contributed by atoms with van der Waals surface area (Å²) in [6.45, 7) is 3.88. The highest BCUT2D eigenvalue weighted by molar-refractivity contribution is 8.18. The average molecular weight is 502 g/mol. The van der Waals surface area contributed by atoms with Crippen molar-refractivity contribution in [2.24, 2.45) is 0 Å². The minimum atomic E-state index is -0.500. The molecule has 1 aromatic heterocycles. The van der Waals surface area contributed by atoms with E-state index in [0.29, 0.717) is 20.5 Å². The molecule has 0 atom stereocenters. The molecule has 3 aromatic rings. The maximum absolute atomic E-state index is 12.9. The third kappa shape index (κ3) is 4.68. The number of nitrogens with zero attached hydrogens (tertiary/aromatic N) is 3. The zero-order valence-corrected chi connectivity index (χ0v) is 19.9. The van der Waals surface area contributed by atoms with E-state index < -0.39 is 10.8 Å². The Balaban J connectivity index is 1.60. The van der Waals surface area contributed by atoms with Gasteiger partial charge in [0.2, 0.25) is 0 Å². The van der Waals surface area contributed by atoms with Crippen LogP contribution in [0.4, 0.5) is 10.5 Å². The fraction of sp³-hybridized carbons (Fsp3) is 0.130. The second kappa shape index (κ2) is 9.05. The number of amides is 2. The summed E-state index contributed by atoms with van der Waals surface area (Å²) in [5, 5.41) is 11.5. The lowest BCUT2D eigenvalue weighted by molar-refractivity contribution is -0.384. The average Bonchev–Trinajstić information content (AvgIpc) is 3.17. The Morgan fingerprint density at radius 1 is 1.03 bits per heavy atom. The molecule has 1 aliphatic rings. The van der Waals surface area contributed by atoms with Gasteiger partial charge in [0.25, 0.3) is 16.8 Å². The summed E-state index contributed by atoms with van der Waals surface area (Å²) in [6.07, 6.45) is 1.70. The van der Waals surface area contributed by atoms with Gasteiger partial charge in [-0.05, 0) is 67.1 Å². The summed E-state index contributed by atoms with van der Waals surface area (Å²) >= 11 is 13.2. The molecule has 2 aromatic carbocycles. The number of imide groups is 1. The van der Waals surface area contributed by atoms with Gasteiger partial charge in [-0.2, -0.15) is 0 Å². The van der Waals surface area contributed by atoms with Crippen LogP contribution in [0.1, 0.15) is 22.5 Å². The van der Waals surface area contributed by atoms with Crippen LogP contribution in [0.3, 0.4) is 0 Å². The van der Waals surface area contributed by atoms with E-state index in [1.54, 1.807) is 24.3 Å². The number of nitro benzene ring substituents is 1. The van der Waals surface area contributed by atoms with Crippen LogP contribution in [0, 0.1) is 24.0 Å². The zero-order chi connectivity index (χ0) is 23.9. The Morgan fingerprint density at radius 2 is 1.67 bits per heavy atom. The summed E-state index contributed by atoms with van der Waals surface area (Å²) in [5.74, 6) is -0.404. The number of rotatable bonds is 5. The fourth-order valence-electron chi connectivity index (χ4n) is 3.68. The molecule has 7 nitrogen and oxygen atoms in total. The monoisotopic (exact) mass is 501 g/mol. The van der Waals surface area contributed by atoms with Crippen molar-refractivity contribution in [1.82, 2.24) is 9.47 Å². The molecule has 4 rings (SSSR count). The Hall–Kier alpha value is -3.07. The van der Waals surface area contributed by atoms with Crippen molar-refractivity contribution in [3.8, 4) is 5.69 Å². The largest absolute Gasteiger partial charge is 0.318 e. The number of carbonyl (C=O) groups excluding carboxylic acids is 2. The van der Waals surface area contributed by atoms with E-state index in [1.807, 2.05) is 24.5 Å². The van der Waals surface area contributed by atoms with Crippen molar-refractivity contribution in [2.75, 3.05) is 0 Å². The van der Waals surface area contributed by atoms with Gasteiger partial charge in [0, 0.05) is 39.3 Å². The molecular formula is C23H17Cl2N3O4S. The molecule has 0 saturated carbocycles. The third-order valence-corrected chi connectivity index (χ3v) is 6.57. The van der Waals surface area contributed by atoms with Crippen LogP contribution in [-0.2, 0) is 11.3 Å². The van der Waals surface area contributed by atoms with E-state index in [-0.39, 0.29) is 17.5 Å². The summed E-state index contributed by atoms with van der Waals surface area (Å²) < 4.78 is 1.98. The molecule has 168 valence electrons. The summed E-state index contributed by atoms with van der Waals surface area (Å²) in [6, 6.07) is 13.0. The molecule has 0 unspecified atom stereocenters. The molecule has 0 radical (unpaired) electrons. The van der Waals surface area contributed by atoms with Crippen LogP contribution in [0.5, 0.6) is 0 Å². The smallest absolute Gasteiger partial charge is 0.293 e. The van der Waals surface area contributed by atoms with Crippen molar-refractivity contribution in [3.63, 3.8) is 0 Å². The van der Waals surface area contributed by atoms with Gasteiger partial charge < -0.3 is 4.57 Å². The first kappa shape index (κ1) is 23.1. The Labute approximate surface area is 203 Å². The summed E-state index contributed by atoms with van der Waals surface area (Å²) in [4.78, 5) is 37.2. The molecule has 1 saturated heterocycles. The number of benzene rings is 2. The molecule has 0 N–H and O–H groups in total. The van der Waals surface area contributed by atoms with Gasteiger partial charge in [-0.15, -0.1) is 0 Å². The minimum absolute atomic E-state index is 0.0417. The first-order chi connectivity index (χ1) is 15.6. The lowest BCUT2D eigenvalue weighted by atomic mass is 10.2. The van der Waals surface area contributed by atoms with E-state index in [2.05, 4.69) is 0 Å². The van der Waals surface area contributed by atoms with Gasteiger partial charge in [-0.1, -0.05) is 35.3 Å².